The van der Waals surface area contributed by atoms with Crippen LogP contribution in [-0.4, -0.2) is 18.0 Å². The van der Waals surface area contributed by atoms with Crippen molar-refractivity contribution in [3.63, 3.8) is 0 Å². The predicted octanol–water partition coefficient (Wildman–Crippen LogP) is 9.42. The summed E-state index contributed by atoms with van der Waals surface area (Å²) in [6.07, 6.45) is 3.45. The van der Waals surface area contributed by atoms with E-state index in [0.29, 0.717) is 33.9 Å². The van der Waals surface area contributed by atoms with Crippen molar-refractivity contribution in [2.45, 2.75) is 53.1 Å². The Kier molecular flexibility index (Phi) is 7.34. The molecule has 0 aliphatic carbocycles. The van der Waals surface area contributed by atoms with Gasteiger partial charge in [-0.3, -0.25) is 0 Å². The first-order valence-corrected chi connectivity index (χ1v) is 17.0. The first-order valence-electron chi connectivity index (χ1n) is 16.5. The molecular weight excluding hydrogens is 716 g/mol. The quantitative estimate of drug-likeness (QED) is 0.133. The fourth-order valence-corrected chi connectivity index (χ4v) is 5.96. The van der Waals surface area contributed by atoms with Gasteiger partial charge in [0.1, 0.15) is 11.4 Å². The number of pyridine rings is 2. The SMILES string of the molecule is CC(C)c1ccnc(-c2[c-]ccc3c2oc2ccc(F)cc23)c1.[2H]C([2H])([2H])c1c[c-]c(-c2cc(C([2H])([2H])[2H])c([Si](C)(C)C)cn2)cc1.[Ir]. The number of halogens is 1. The summed E-state index contributed by atoms with van der Waals surface area (Å²) in [4.78, 5) is 8.86. The molecule has 0 aliphatic rings. The van der Waals surface area contributed by atoms with Crippen LogP contribution in [0.4, 0.5) is 4.39 Å². The van der Waals surface area contributed by atoms with Gasteiger partial charge >= 0.3 is 0 Å². The molecule has 3 heterocycles. The molecule has 1 radical (unpaired) electrons. The molecule has 0 fully saturated rings. The molecule has 0 aliphatic heterocycles. The summed E-state index contributed by atoms with van der Waals surface area (Å²) in [7, 11) is -1.85. The maximum Gasteiger partial charge on any atom is 0.124 e. The Morgan fingerprint density at radius 3 is 2.43 bits per heavy atom. The Hall–Kier alpha value is -3.44. The third kappa shape index (κ3) is 6.78. The minimum absolute atomic E-state index is 0. The second-order valence-corrected chi connectivity index (χ2v) is 16.4. The molecule has 0 bridgehead atoms. The number of fused-ring (bicyclic) bond motifs is 3. The van der Waals surface area contributed by atoms with E-state index in [1.807, 2.05) is 18.2 Å². The molecule has 6 aromatic rings. The largest absolute Gasteiger partial charge is 0.501 e. The number of furan rings is 1. The van der Waals surface area contributed by atoms with Crippen molar-refractivity contribution in [1.29, 1.82) is 0 Å². The van der Waals surface area contributed by atoms with Crippen LogP contribution in [0.25, 0.3) is 44.5 Å². The van der Waals surface area contributed by atoms with E-state index >= 15 is 0 Å². The summed E-state index contributed by atoms with van der Waals surface area (Å²) in [6, 6.07) is 24.6. The summed E-state index contributed by atoms with van der Waals surface area (Å²) in [6.45, 7) is 6.13. The van der Waals surface area contributed by atoms with Gasteiger partial charge in [0.25, 0.3) is 0 Å². The summed E-state index contributed by atoms with van der Waals surface area (Å²) >= 11 is 0. The molecule has 42 heavy (non-hydrogen) atoms. The fraction of sp³-hybridized carbons (Fsp3) is 0.222. The third-order valence-corrected chi connectivity index (χ3v) is 8.92. The van der Waals surface area contributed by atoms with Crippen molar-refractivity contribution in [3.8, 4) is 22.5 Å². The molecule has 6 rings (SSSR count). The van der Waals surface area contributed by atoms with Gasteiger partial charge in [0.2, 0.25) is 0 Å². The van der Waals surface area contributed by atoms with Crippen LogP contribution in [0.1, 0.15) is 44.7 Å². The number of hydrogen-bond donors (Lipinski definition) is 0. The zero-order valence-electron chi connectivity index (χ0n) is 30.1. The monoisotopic (exact) mass is 757 g/mol. The van der Waals surface area contributed by atoms with Crippen molar-refractivity contribution in [3.05, 3.63) is 114 Å². The Bertz CT molecular complexity index is 2050. The minimum Gasteiger partial charge on any atom is -0.501 e. The number of benzene rings is 3. The Balaban J connectivity index is 0.000000212. The van der Waals surface area contributed by atoms with Crippen LogP contribution in [-0.2, 0) is 20.1 Å². The first-order chi connectivity index (χ1) is 21.9. The molecule has 0 saturated carbocycles. The number of aryl methyl sites for hydroxylation is 2. The first kappa shape index (κ1) is 24.0. The Morgan fingerprint density at radius 2 is 1.74 bits per heavy atom. The van der Waals surface area contributed by atoms with Crippen molar-refractivity contribution < 1.29 is 37.1 Å². The second-order valence-electron chi connectivity index (χ2n) is 11.3. The maximum absolute atomic E-state index is 13.5. The zero-order chi connectivity index (χ0) is 34.3. The van der Waals surface area contributed by atoms with Crippen LogP contribution in [0.15, 0.2) is 83.5 Å². The van der Waals surface area contributed by atoms with Gasteiger partial charge in [-0.2, -0.15) is 0 Å². The van der Waals surface area contributed by atoms with E-state index in [9.17, 15) is 4.39 Å². The molecule has 0 spiro atoms. The Morgan fingerprint density at radius 1 is 0.905 bits per heavy atom. The maximum atomic E-state index is 13.5. The van der Waals surface area contributed by atoms with Crippen LogP contribution >= 0.6 is 0 Å². The van der Waals surface area contributed by atoms with Gasteiger partial charge in [-0.15, -0.1) is 53.6 Å². The summed E-state index contributed by atoms with van der Waals surface area (Å²) < 4.78 is 65.1. The molecule has 3 nitrogen and oxygen atoms in total. The van der Waals surface area contributed by atoms with E-state index in [1.54, 1.807) is 30.6 Å². The molecule has 0 amide bonds. The van der Waals surface area contributed by atoms with Crippen LogP contribution < -0.4 is 5.19 Å². The second kappa shape index (κ2) is 12.8. The summed E-state index contributed by atoms with van der Waals surface area (Å²) in [5, 5.41) is 2.46. The molecule has 217 valence electrons. The van der Waals surface area contributed by atoms with E-state index < -0.39 is 21.8 Å². The standard InChI is InChI=1S/C20H15FNO.C16H20NSi.Ir/c1-12(2)13-8-9-22-18(10-13)16-5-3-4-15-17-11-14(21)6-7-19(17)23-20(15)16;1-12-6-8-14(9-7-12)15-10-13(2)16(11-17-15)18(3,4)5;/h3-4,6-12H,1-2H3;6-8,10-11H,1-5H3;/q2*-1;/i;1D3,2D3;. The molecule has 0 saturated heterocycles. The molecule has 3 aromatic carbocycles. The van der Waals surface area contributed by atoms with E-state index in [1.165, 1.54) is 29.8 Å². The van der Waals surface area contributed by atoms with Crippen LogP contribution in [0.3, 0.4) is 0 Å². The third-order valence-electron chi connectivity index (χ3n) is 6.90. The predicted molar refractivity (Wildman–Crippen MR) is 171 cm³/mol. The minimum atomic E-state index is -2.22. The molecule has 0 N–H and O–H groups in total. The van der Waals surface area contributed by atoms with E-state index in [2.05, 4.69) is 61.7 Å². The van der Waals surface area contributed by atoms with Crippen LogP contribution in [0, 0.1) is 31.7 Å². The average Bonchev–Trinajstić information content (AvgIpc) is 3.38. The van der Waals surface area contributed by atoms with Crippen molar-refractivity contribution in [2.24, 2.45) is 0 Å². The van der Waals surface area contributed by atoms with E-state index in [0.717, 1.165) is 27.2 Å². The molecule has 0 atom stereocenters. The smallest absolute Gasteiger partial charge is 0.124 e. The van der Waals surface area contributed by atoms with Gasteiger partial charge in [-0.1, -0.05) is 74.5 Å². The van der Waals surface area contributed by atoms with Gasteiger partial charge in [0, 0.05) is 46.1 Å². The van der Waals surface area contributed by atoms with Crippen molar-refractivity contribution in [2.75, 3.05) is 0 Å². The molecule has 3 aromatic heterocycles. The number of hydrogen-bond acceptors (Lipinski definition) is 3. The van der Waals surface area contributed by atoms with E-state index in [4.69, 9.17) is 12.6 Å². The molecule has 0 unspecified atom stereocenters. The van der Waals surface area contributed by atoms with Gasteiger partial charge in [0.05, 0.1) is 13.7 Å². The summed E-state index contributed by atoms with van der Waals surface area (Å²) in [5.74, 6) is 0.148. The molecule has 6 heteroatoms. The van der Waals surface area contributed by atoms with E-state index in [-0.39, 0.29) is 31.5 Å². The normalized spacial score (nSPS) is 14.1. The summed E-state index contributed by atoms with van der Waals surface area (Å²) in [5.41, 5.74) is 5.78. The average molecular weight is 757 g/mol. The zero-order valence-corrected chi connectivity index (χ0v) is 27.5. The molecular formula is C36H35FIrN2OSi-2. The van der Waals surface area contributed by atoms with Crippen LogP contribution in [0.2, 0.25) is 19.6 Å². The van der Waals surface area contributed by atoms with Gasteiger partial charge < -0.3 is 14.4 Å². The Labute approximate surface area is 271 Å². The van der Waals surface area contributed by atoms with Crippen LogP contribution in [0.5, 0.6) is 0 Å². The van der Waals surface area contributed by atoms with Gasteiger partial charge in [-0.25, -0.2) is 4.39 Å². The fourth-order valence-electron chi connectivity index (χ4n) is 4.63. The van der Waals surface area contributed by atoms with Crippen molar-refractivity contribution in [1.82, 2.24) is 9.97 Å². The number of rotatable bonds is 4. The van der Waals surface area contributed by atoms with Crippen molar-refractivity contribution >= 4 is 35.2 Å². The van der Waals surface area contributed by atoms with Gasteiger partial charge in [0.15, 0.2) is 0 Å². The number of nitrogens with zero attached hydrogens (tertiary/aromatic N) is 2. The number of aromatic nitrogens is 2. The topological polar surface area (TPSA) is 38.9 Å². The van der Waals surface area contributed by atoms with Gasteiger partial charge in [-0.05, 0) is 53.6 Å².